The largest absolute Gasteiger partial charge is 0.497 e. The first-order valence-corrected chi connectivity index (χ1v) is 6.49. The van der Waals surface area contributed by atoms with Crippen LogP contribution in [0.3, 0.4) is 0 Å². The molecule has 0 aliphatic carbocycles. The van der Waals surface area contributed by atoms with Gasteiger partial charge in [-0.1, -0.05) is 23.6 Å². The van der Waals surface area contributed by atoms with Gasteiger partial charge in [0.15, 0.2) is 0 Å². The Bertz CT molecular complexity index is 703. The predicted molar refractivity (Wildman–Crippen MR) is 81.9 cm³/mol. The molecule has 0 aliphatic rings. The smallest absolute Gasteiger partial charge is 0.239 e. The van der Waals surface area contributed by atoms with Crippen molar-refractivity contribution in [2.45, 2.75) is 6.92 Å². The molecule has 3 nitrogen and oxygen atoms in total. The molecule has 0 fully saturated rings. The average Bonchev–Trinajstić information content (AvgIpc) is 2.53. The van der Waals surface area contributed by atoms with E-state index < -0.39 is 0 Å². The number of ketones is 1. The Kier molecular flexibility index (Phi) is 4.63. The highest BCUT2D eigenvalue weighted by Gasteiger charge is 2.11. The van der Waals surface area contributed by atoms with E-state index in [9.17, 15) is 4.79 Å². The van der Waals surface area contributed by atoms with E-state index >= 15 is 0 Å². The lowest BCUT2D eigenvalue weighted by atomic mass is 10.1. The predicted octanol–water partition coefficient (Wildman–Crippen LogP) is 3.25. The summed E-state index contributed by atoms with van der Waals surface area (Å²) in [4.78, 5) is 12.2. The van der Waals surface area contributed by atoms with E-state index in [1.165, 1.54) is 7.11 Å². The van der Waals surface area contributed by atoms with Gasteiger partial charge in [0.2, 0.25) is 5.78 Å². The van der Waals surface area contributed by atoms with Gasteiger partial charge < -0.3 is 9.47 Å². The molecule has 2 aromatic carbocycles. The van der Waals surface area contributed by atoms with Crippen LogP contribution in [-0.4, -0.2) is 20.0 Å². The standard InChI is InChI=1S/C18H16O3/c1-13-4-6-14(7-5-13)8-11-17(19)16-10-9-15(20-2)12-18(16)21-3/h4-7,9-10,12H,1-3H3. The van der Waals surface area contributed by atoms with Gasteiger partial charge >= 0.3 is 0 Å². The first kappa shape index (κ1) is 14.7. The topological polar surface area (TPSA) is 35.5 Å². The Morgan fingerprint density at radius 3 is 2.33 bits per heavy atom. The maximum absolute atomic E-state index is 12.2. The highest BCUT2D eigenvalue weighted by Crippen LogP contribution is 2.24. The monoisotopic (exact) mass is 280 g/mol. The van der Waals surface area contributed by atoms with Crippen molar-refractivity contribution in [3.63, 3.8) is 0 Å². The molecule has 21 heavy (non-hydrogen) atoms. The molecule has 0 unspecified atom stereocenters. The first-order chi connectivity index (χ1) is 10.1. The molecular weight excluding hydrogens is 264 g/mol. The van der Waals surface area contributed by atoms with Crippen molar-refractivity contribution in [2.75, 3.05) is 14.2 Å². The minimum absolute atomic E-state index is 0.282. The van der Waals surface area contributed by atoms with Gasteiger partial charge in [0, 0.05) is 11.6 Å². The third-order valence-electron chi connectivity index (χ3n) is 3.03. The molecule has 0 atom stereocenters. The van der Waals surface area contributed by atoms with Gasteiger partial charge in [-0.05, 0) is 37.1 Å². The summed E-state index contributed by atoms with van der Waals surface area (Å²) >= 11 is 0. The number of hydrogen-bond acceptors (Lipinski definition) is 3. The number of carbonyl (C=O) groups is 1. The molecule has 0 aromatic heterocycles. The number of rotatable bonds is 3. The van der Waals surface area contributed by atoms with Crippen molar-refractivity contribution in [1.29, 1.82) is 0 Å². The van der Waals surface area contributed by atoms with Crippen molar-refractivity contribution >= 4 is 5.78 Å². The van der Waals surface area contributed by atoms with E-state index in [1.807, 2.05) is 31.2 Å². The van der Waals surface area contributed by atoms with Gasteiger partial charge in [-0.15, -0.1) is 0 Å². The Balaban J connectivity index is 2.27. The molecule has 0 bridgehead atoms. The van der Waals surface area contributed by atoms with Crippen molar-refractivity contribution in [1.82, 2.24) is 0 Å². The highest BCUT2D eigenvalue weighted by atomic mass is 16.5. The second kappa shape index (κ2) is 6.62. The first-order valence-electron chi connectivity index (χ1n) is 6.49. The van der Waals surface area contributed by atoms with Crippen LogP contribution in [0.2, 0.25) is 0 Å². The van der Waals surface area contributed by atoms with Crippen LogP contribution in [0.15, 0.2) is 42.5 Å². The summed E-state index contributed by atoms with van der Waals surface area (Å²) in [6, 6.07) is 12.7. The Morgan fingerprint density at radius 2 is 1.71 bits per heavy atom. The van der Waals surface area contributed by atoms with Gasteiger partial charge in [0.25, 0.3) is 0 Å². The Labute approximate surface area is 124 Å². The molecule has 3 heteroatoms. The summed E-state index contributed by atoms with van der Waals surface area (Å²) in [6.07, 6.45) is 0. The molecule has 2 rings (SSSR count). The summed E-state index contributed by atoms with van der Waals surface area (Å²) < 4.78 is 10.3. The molecule has 0 saturated heterocycles. The lowest BCUT2D eigenvalue weighted by Gasteiger charge is -2.07. The minimum Gasteiger partial charge on any atom is -0.497 e. The molecule has 0 radical (unpaired) electrons. The Morgan fingerprint density at radius 1 is 1.00 bits per heavy atom. The van der Waals surface area contributed by atoms with Crippen LogP contribution in [0.4, 0.5) is 0 Å². The number of aryl methyl sites for hydroxylation is 1. The SMILES string of the molecule is COc1ccc(C(=O)C#Cc2ccc(C)cc2)c(OC)c1. The average molecular weight is 280 g/mol. The van der Waals surface area contributed by atoms with Crippen LogP contribution in [0.5, 0.6) is 11.5 Å². The van der Waals surface area contributed by atoms with Crippen LogP contribution in [0, 0.1) is 18.8 Å². The molecule has 0 amide bonds. The number of benzene rings is 2. The van der Waals surface area contributed by atoms with Crippen molar-refractivity contribution in [3.05, 3.63) is 59.2 Å². The number of methoxy groups -OCH3 is 2. The zero-order chi connectivity index (χ0) is 15.2. The molecule has 106 valence electrons. The zero-order valence-corrected chi connectivity index (χ0v) is 12.3. The molecule has 0 aliphatic heterocycles. The molecular formula is C18H16O3. The zero-order valence-electron chi connectivity index (χ0n) is 12.3. The summed E-state index contributed by atoms with van der Waals surface area (Å²) in [5, 5.41) is 0. The van der Waals surface area contributed by atoms with Crippen molar-refractivity contribution < 1.29 is 14.3 Å². The number of Topliss-reactive ketones (excluding diaryl/α,β-unsaturated/α-hetero) is 1. The van der Waals surface area contributed by atoms with E-state index in [-0.39, 0.29) is 5.78 Å². The van der Waals surface area contributed by atoms with Gasteiger partial charge in [0.1, 0.15) is 11.5 Å². The molecule has 0 N–H and O–H groups in total. The van der Waals surface area contributed by atoms with E-state index in [2.05, 4.69) is 11.8 Å². The lowest BCUT2D eigenvalue weighted by Crippen LogP contribution is -2.00. The fourth-order valence-electron chi connectivity index (χ4n) is 1.82. The number of hydrogen-bond donors (Lipinski definition) is 0. The van der Waals surface area contributed by atoms with Crippen molar-refractivity contribution in [2.24, 2.45) is 0 Å². The van der Waals surface area contributed by atoms with Crippen LogP contribution in [0.25, 0.3) is 0 Å². The minimum atomic E-state index is -0.282. The van der Waals surface area contributed by atoms with E-state index in [4.69, 9.17) is 9.47 Å². The normalized spacial score (nSPS) is 9.48. The molecule has 2 aromatic rings. The van der Waals surface area contributed by atoms with E-state index in [1.54, 1.807) is 25.3 Å². The van der Waals surface area contributed by atoms with Gasteiger partial charge in [-0.3, -0.25) is 4.79 Å². The summed E-state index contributed by atoms with van der Waals surface area (Å²) in [7, 11) is 3.08. The van der Waals surface area contributed by atoms with Crippen LogP contribution in [-0.2, 0) is 0 Å². The second-order valence-corrected chi connectivity index (χ2v) is 4.51. The van der Waals surface area contributed by atoms with Crippen LogP contribution in [0.1, 0.15) is 21.5 Å². The van der Waals surface area contributed by atoms with Crippen LogP contribution < -0.4 is 9.47 Å². The summed E-state index contributed by atoms with van der Waals surface area (Å²) in [6.45, 7) is 2.00. The second-order valence-electron chi connectivity index (χ2n) is 4.51. The van der Waals surface area contributed by atoms with Crippen LogP contribution >= 0.6 is 0 Å². The number of carbonyl (C=O) groups excluding carboxylic acids is 1. The summed E-state index contributed by atoms with van der Waals surface area (Å²) in [5.74, 6) is 6.31. The molecule has 0 heterocycles. The quantitative estimate of drug-likeness (QED) is 0.639. The van der Waals surface area contributed by atoms with Gasteiger partial charge in [0.05, 0.1) is 19.8 Å². The lowest BCUT2D eigenvalue weighted by molar-refractivity contribution is 0.105. The van der Waals surface area contributed by atoms with E-state index in [0.29, 0.717) is 17.1 Å². The summed E-state index contributed by atoms with van der Waals surface area (Å²) in [5.41, 5.74) is 2.39. The Hall–Kier alpha value is -2.73. The van der Waals surface area contributed by atoms with Gasteiger partial charge in [-0.2, -0.15) is 0 Å². The fraction of sp³-hybridized carbons (Fsp3) is 0.167. The maximum atomic E-state index is 12.2. The maximum Gasteiger partial charge on any atom is 0.239 e. The highest BCUT2D eigenvalue weighted by molar-refractivity contribution is 6.11. The third kappa shape index (κ3) is 3.64. The van der Waals surface area contributed by atoms with E-state index in [0.717, 1.165) is 11.1 Å². The van der Waals surface area contributed by atoms with Gasteiger partial charge in [-0.25, -0.2) is 0 Å². The molecule has 0 spiro atoms. The van der Waals surface area contributed by atoms with Crippen molar-refractivity contribution in [3.8, 4) is 23.3 Å². The fourth-order valence-corrected chi connectivity index (χ4v) is 1.82. The number of ether oxygens (including phenoxy) is 2. The molecule has 0 saturated carbocycles. The third-order valence-corrected chi connectivity index (χ3v) is 3.03.